The Morgan fingerprint density at radius 2 is 1.94 bits per heavy atom. The number of anilines is 1. The second kappa shape index (κ2) is 4.69. The van der Waals surface area contributed by atoms with Crippen LogP contribution in [0, 0.1) is 11.8 Å². The van der Waals surface area contributed by atoms with Crippen LogP contribution in [0.25, 0.3) is 0 Å². The van der Waals surface area contributed by atoms with E-state index in [-0.39, 0.29) is 5.69 Å². The van der Waals surface area contributed by atoms with Crippen LogP contribution in [0.15, 0.2) is 12.4 Å². The van der Waals surface area contributed by atoms with Gasteiger partial charge in [-0.15, -0.1) is 0 Å². The molecular formula is C12H17N3O2. The highest BCUT2D eigenvalue weighted by Gasteiger charge is 2.23. The lowest BCUT2D eigenvalue weighted by atomic mass is 9.92. The van der Waals surface area contributed by atoms with E-state index in [0.29, 0.717) is 11.8 Å². The first-order valence-corrected chi connectivity index (χ1v) is 5.86. The van der Waals surface area contributed by atoms with Gasteiger partial charge in [0, 0.05) is 13.1 Å². The van der Waals surface area contributed by atoms with E-state index in [2.05, 4.69) is 28.7 Å². The Morgan fingerprint density at radius 3 is 2.41 bits per heavy atom. The molecule has 2 heterocycles. The van der Waals surface area contributed by atoms with Gasteiger partial charge < -0.3 is 10.0 Å². The molecule has 2 unspecified atom stereocenters. The number of nitrogens with zero attached hydrogens (tertiary/aromatic N) is 3. The minimum Gasteiger partial charge on any atom is -0.476 e. The molecular weight excluding hydrogens is 218 g/mol. The van der Waals surface area contributed by atoms with Gasteiger partial charge >= 0.3 is 5.97 Å². The van der Waals surface area contributed by atoms with Crippen LogP contribution in [-0.2, 0) is 0 Å². The van der Waals surface area contributed by atoms with Crippen LogP contribution in [0.4, 0.5) is 5.82 Å². The summed E-state index contributed by atoms with van der Waals surface area (Å²) in [4.78, 5) is 20.9. The van der Waals surface area contributed by atoms with E-state index in [1.165, 1.54) is 12.6 Å². The molecule has 0 saturated carbocycles. The van der Waals surface area contributed by atoms with Gasteiger partial charge in [0.25, 0.3) is 0 Å². The molecule has 1 N–H and O–H groups in total. The number of carboxylic acid groups (broad SMARTS) is 1. The fourth-order valence-corrected chi connectivity index (χ4v) is 2.44. The van der Waals surface area contributed by atoms with Crippen molar-refractivity contribution in [3.05, 3.63) is 18.1 Å². The van der Waals surface area contributed by atoms with Crippen molar-refractivity contribution >= 4 is 11.8 Å². The molecule has 1 aliphatic heterocycles. The Balaban J connectivity index is 2.14. The minimum atomic E-state index is -1.04. The molecule has 1 fully saturated rings. The summed E-state index contributed by atoms with van der Waals surface area (Å²) in [7, 11) is 0. The van der Waals surface area contributed by atoms with Gasteiger partial charge in [0.05, 0.1) is 12.4 Å². The number of piperidine rings is 1. The Morgan fingerprint density at radius 1 is 1.29 bits per heavy atom. The molecule has 5 nitrogen and oxygen atoms in total. The summed E-state index contributed by atoms with van der Waals surface area (Å²) in [6.07, 6.45) is 4.10. The smallest absolute Gasteiger partial charge is 0.356 e. The standard InChI is InChI=1S/C12H17N3O2/c1-8-3-9(2)7-15(6-8)11-5-13-10(4-14-11)12(16)17/h4-5,8-9H,3,6-7H2,1-2H3,(H,16,17). The molecule has 17 heavy (non-hydrogen) atoms. The van der Waals surface area contributed by atoms with Crippen molar-refractivity contribution < 1.29 is 9.90 Å². The normalized spacial score (nSPS) is 24.7. The van der Waals surface area contributed by atoms with Crippen LogP contribution in [-0.4, -0.2) is 34.1 Å². The first kappa shape index (κ1) is 11.8. The van der Waals surface area contributed by atoms with E-state index >= 15 is 0 Å². The lowest BCUT2D eigenvalue weighted by molar-refractivity contribution is 0.0690. The Hall–Kier alpha value is -1.65. The van der Waals surface area contributed by atoms with Gasteiger partial charge in [0.1, 0.15) is 5.82 Å². The van der Waals surface area contributed by atoms with E-state index < -0.39 is 5.97 Å². The molecule has 5 heteroatoms. The summed E-state index contributed by atoms with van der Waals surface area (Å²) in [5.74, 6) is 1.01. The zero-order valence-electron chi connectivity index (χ0n) is 10.1. The lowest BCUT2D eigenvalue weighted by Gasteiger charge is -2.35. The van der Waals surface area contributed by atoms with Gasteiger partial charge in [-0.05, 0) is 18.3 Å². The van der Waals surface area contributed by atoms with Crippen molar-refractivity contribution in [3.63, 3.8) is 0 Å². The summed E-state index contributed by atoms with van der Waals surface area (Å²) < 4.78 is 0. The van der Waals surface area contributed by atoms with Gasteiger partial charge in [-0.2, -0.15) is 0 Å². The highest BCUT2D eigenvalue weighted by atomic mass is 16.4. The van der Waals surface area contributed by atoms with Crippen molar-refractivity contribution in [2.75, 3.05) is 18.0 Å². The fraction of sp³-hybridized carbons (Fsp3) is 0.583. The molecule has 1 aliphatic rings. The van der Waals surface area contributed by atoms with Crippen LogP contribution >= 0.6 is 0 Å². The monoisotopic (exact) mass is 235 g/mol. The van der Waals surface area contributed by atoms with Crippen LogP contribution in [0.3, 0.4) is 0 Å². The van der Waals surface area contributed by atoms with Gasteiger partial charge in [-0.25, -0.2) is 14.8 Å². The summed E-state index contributed by atoms with van der Waals surface area (Å²) in [6, 6.07) is 0. The van der Waals surface area contributed by atoms with Crippen molar-refractivity contribution in [1.82, 2.24) is 9.97 Å². The topological polar surface area (TPSA) is 66.3 Å². The third-order valence-electron chi connectivity index (χ3n) is 3.05. The predicted octanol–water partition coefficient (Wildman–Crippen LogP) is 1.66. The Bertz CT molecular complexity index is 395. The number of hydrogen-bond acceptors (Lipinski definition) is 4. The molecule has 0 spiro atoms. The van der Waals surface area contributed by atoms with E-state index in [9.17, 15) is 4.79 Å². The third kappa shape index (κ3) is 2.72. The fourth-order valence-electron chi connectivity index (χ4n) is 2.44. The molecule has 92 valence electrons. The molecule has 0 radical (unpaired) electrons. The zero-order valence-corrected chi connectivity index (χ0v) is 10.1. The van der Waals surface area contributed by atoms with Crippen molar-refractivity contribution in [3.8, 4) is 0 Å². The lowest BCUT2D eigenvalue weighted by Crippen LogP contribution is -2.39. The largest absolute Gasteiger partial charge is 0.476 e. The number of aromatic carboxylic acids is 1. The SMILES string of the molecule is CC1CC(C)CN(c2cnc(C(=O)O)cn2)C1. The third-order valence-corrected chi connectivity index (χ3v) is 3.05. The first-order chi connectivity index (χ1) is 8.06. The Labute approximate surface area is 100 Å². The summed E-state index contributed by atoms with van der Waals surface area (Å²) in [6.45, 7) is 6.38. The van der Waals surface area contributed by atoms with Crippen molar-refractivity contribution in [1.29, 1.82) is 0 Å². The van der Waals surface area contributed by atoms with E-state index in [1.807, 2.05) is 0 Å². The zero-order chi connectivity index (χ0) is 12.4. The van der Waals surface area contributed by atoms with E-state index in [0.717, 1.165) is 18.9 Å². The summed E-state index contributed by atoms with van der Waals surface area (Å²) >= 11 is 0. The molecule has 1 aromatic heterocycles. The molecule has 0 aliphatic carbocycles. The molecule has 1 aromatic rings. The maximum absolute atomic E-state index is 10.7. The summed E-state index contributed by atoms with van der Waals surface area (Å²) in [5, 5.41) is 8.75. The van der Waals surface area contributed by atoms with Crippen LogP contribution in [0.1, 0.15) is 30.8 Å². The Kier molecular flexibility index (Phi) is 3.26. The molecule has 0 aromatic carbocycles. The number of aromatic nitrogens is 2. The number of hydrogen-bond donors (Lipinski definition) is 1. The molecule has 2 rings (SSSR count). The van der Waals surface area contributed by atoms with Crippen LogP contribution in [0.5, 0.6) is 0 Å². The average Bonchev–Trinajstić information content (AvgIpc) is 2.28. The first-order valence-electron chi connectivity index (χ1n) is 5.86. The van der Waals surface area contributed by atoms with Gasteiger partial charge in [-0.1, -0.05) is 13.8 Å². The second-order valence-electron chi connectivity index (χ2n) is 4.92. The molecule has 0 bridgehead atoms. The summed E-state index contributed by atoms with van der Waals surface area (Å²) in [5.41, 5.74) is -0.00754. The second-order valence-corrected chi connectivity index (χ2v) is 4.92. The highest BCUT2D eigenvalue weighted by Crippen LogP contribution is 2.24. The molecule has 0 amide bonds. The molecule has 1 saturated heterocycles. The van der Waals surface area contributed by atoms with Crippen molar-refractivity contribution in [2.45, 2.75) is 20.3 Å². The highest BCUT2D eigenvalue weighted by molar-refractivity contribution is 5.84. The maximum atomic E-state index is 10.7. The van der Waals surface area contributed by atoms with Gasteiger partial charge in [0.2, 0.25) is 0 Å². The van der Waals surface area contributed by atoms with Crippen molar-refractivity contribution in [2.24, 2.45) is 11.8 Å². The quantitative estimate of drug-likeness (QED) is 0.844. The van der Waals surface area contributed by atoms with Crippen LogP contribution in [0.2, 0.25) is 0 Å². The van der Waals surface area contributed by atoms with E-state index in [4.69, 9.17) is 5.11 Å². The van der Waals surface area contributed by atoms with Gasteiger partial charge in [-0.3, -0.25) is 0 Å². The number of carbonyl (C=O) groups is 1. The predicted molar refractivity (Wildman–Crippen MR) is 64.1 cm³/mol. The van der Waals surface area contributed by atoms with E-state index in [1.54, 1.807) is 6.20 Å². The average molecular weight is 235 g/mol. The maximum Gasteiger partial charge on any atom is 0.356 e. The number of rotatable bonds is 2. The molecule has 2 atom stereocenters. The number of carboxylic acids is 1. The van der Waals surface area contributed by atoms with Crippen LogP contribution < -0.4 is 4.90 Å². The van der Waals surface area contributed by atoms with Gasteiger partial charge in [0.15, 0.2) is 5.69 Å². The minimum absolute atomic E-state index is 0.00754.